The maximum Gasteiger partial charge on any atom is 0.261 e. The average molecular weight is 344 g/mol. The van der Waals surface area contributed by atoms with Crippen molar-refractivity contribution in [2.45, 2.75) is 18.7 Å². The molecule has 3 rings (SSSR count). The van der Waals surface area contributed by atoms with Crippen molar-refractivity contribution in [2.75, 3.05) is 11.6 Å². The Morgan fingerprint density at radius 1 is 1.21 bits per heavy atom. The topological polar surface area (TPSA) is 93.4 Å². The van der Waals surface area contributed by atoms with Gasteiger partial charge in [-0.15, -0.1) is 0 Å². The van der Waals surface area contributed by atoms with Gasteiger partial charge in [-0.3, -0.25) is 4.79 Å². The second kappa shape index (κ2) is 5.72. The van der Waals surface area contributed by atoms with Crippen LogP contribution in [0, 0.1) is 13.8 Å². The Balaban J connectivity index is 1.97. The number of amides is 1. The molecule has 3 aromatic rings. The maximum atomic E-state index is 12.5. The van der Waals surface area contributed by atoms with Crippen LogP contribution in [0.15, 0.2) is 41.7 Å². The van der Waals surface area contributed by atoms with Crippen LogP contribution in [-0.2, 0) is 9.84 Å². The number of hydrogen-bond donors (Lipinski definition) is 1. The predicted molar refractivity (Wildman–Crippen MR) is 90.0 cm³/mol. The lowest BCUT2D eigenvalue weighted by Crippen LogP contribution is -2.14. The summed E-state index contributed by atoms with van der Waals surface area (Å²) in [6.07, 6.45) is 5.90. The molecular weight excluding hydrogens is 328 g/mol. The number of anilines is 1. The first-order chi connectivity index (χ1) is 11.3. The Bertz CT molecular complexity index is 1050. The van der Waals surface area contributed by atoms with Gasteiger partial charge in [-0.05, 0) is 43.2 Å². The minimum absolute atomic E-state index is 0.260. The van der Waals surface area contributed by atoms with Gasteiger partial charge in [-0.25, -0.2) is 17.9 Å². The van der Waals surface area contributed by atoms with E-state index in [1.165, 1.54) is 16.8 Å². The summed E-state index contributed by atoms with van der Waals surface area (Å²) in [5.41, 5.74) is 2.68. The van der Waals surface area contributed by atoms with Gasteiger partial charge >= 0.3 is 0 Å². The number of carbonyl (C=O) groups excluding carboxylic acids is 1. The van der Waals surface area contributed by atoms with E-state index in [0.717, 1.165) is 6.26 Å². The third kappa shape index (κ3) is 2.76. The molecule has 7 nitrogen and oxygen atoms in total. The minimum Gasteiger partial charge on any atom is -0.322 e. The summed E-state index contributed by atoms with van der Waals surface area (Å²) in [6, 6.07) is 4.82. The summed E-state index contributed by atoms with van der Waals surface area (Å²) in [6.45, 7) is 3.49. The van der Waals surface area contributed by atoms with Crippen molar-refractivity contribution in [3.63, 3.8) is 0 Å². The molecule has 0 aliphatic heterocycles. The van der Waals surface area contributed by atoms with Gasteiger partial charge in [-0.1, -0.05) is 0 Å². The SMILES string of the molecule is Cc1c(NC(=O)c2cnn3cccnc23)ccc(S(C)(=O)=O)c1C. The molecule has 0 unspecified atom stereocenters. The smallest absolute Gasteiger partial charge is 0.261 e. The van der Waals surface area contributed by atoms with E-state index < -0.39 is 9.84 Å². The van der Waals surface area contributed by atoms with Crippen molar-refractivity contribution in [1.29, 1.82) is 0 Å². The van der Waals surface area contributed by atoms with E-state index in [1.54, 1.807) is 38.4 Å². The van der Waals surface area contributed by atoms with Gasteiger partial charge in [0.1, 0.15) is 5.56 Å². The van der Waals surface area contributed by atoms with E-state index in [0.29, 0.717) is 28.0 Å². The lowest BCUT2D eigenvalue weighted by atomic mass is 10.1. The van der Waals surface area contributed by atoms with Crippen molar-refractivity contribution in [3.8, 4) is 0 Å². The highest BCUT2D eigenvalue weighted by molar-refractivity contribution is 7.90. The molecule has 0 fully saturated rings. The fourth-order valence-corrected chi connectivity index (χ4v) is 3.53. The molecule has 1 amide bonds. The molecule has 24 heavy (non-hydrogen) atoms. The third-order valence-electron chi connectivity index (χ3n) is 3.91. The van der Waals surface area contributed by atoms with Crippen molar-refractivity contribution < 1.29 is 13.2 Å². The summed E-state index contributed by atoms with van der Waals surface area (Å²) in [4.78, 5) is 16.9. The zero-order chi connectivity index (χ0) is 17.5. The second-order valence-electron chi connectivity index (χ2n) is 5.53. The van der Waals surface area contributed by atoms with Crippen molar-refractivity contribution in [3.05, 3.63) is 53.5 Å². The lowest BCUT2D eigenvalue weighted by Gasteiger charge is -2.13. The number of carbonyl (C=O) groups is 1. The first-order valence-corrected chi connectivity index (χ1v) is 9.08. The van der Waals surface area contributed by atoms with Crippen LogP contribution in [0.5, 0.6) is 0 Å². The summed E-state index contributed by atoms with van der Waals surface area (Å²) in [5, 5.41) is 6.88. The Morgan fingerprint density at radius 2 is 1.96 bits per heavy atom. The largest absolute Gasteiger partial charge is 0.322 e. The summed E-state index contributed by atoms with van der Waals surface area (Å²) in [5.74, 6) is -0.349. The van der Waals surface area contributed by atoms with E-state index in [2.05, 4.69) is 15.4 Å². The molecule has 2 heterocycles. The first kappa shape index (κ1) is 16.1. The van der Waals surface area contributed by atoms with Crippen molar-refractivity contribution in [2.24, 2.45) is 0 Å². The van der Waals surface area contributed by atoms with Crippen molar-refractivity contribution in [1.82, 2.24) is 14.6 Å². The van der Waals surface area contributed by atoms with Gasteiger partial charge < -0.3 is 5.32 Å². The van der Waals surface area contributed by atoms with E-state index >= 15 is 0 Å². The highest BCUT2D eigenvalue weighted by Gasteiger charge is 2.18. The number of nitrogens with zero attached hydrogens (tertiary/aromatic N) is 3. The Hall–Kier alpha value is -2.74. The molecule has 124 valence electrons. The number of sulfone groups is 1. The predicted octanol–water partition coefficient (Wildman–Crippen LogP) is 2.00. The molecule has 0 radical (unpaired) electrons. The van der Waals surface area contributed by atoms with Gasteiger partial charge in [0.2, 0.25) is 0 Å². The summed E-state index contributed by atoms with van der Waals surface area (Å²) < 4.78 is 25.0. The Kier molecular flexibility index (Phi) is 3.84. The normalized spacial score (nSPS) is 11.6. The first-order valence-electron chi connectivity index (χ1n) is 7.19. The van der Waals surface area contributed by atoms with Crippen molar-refractivity contribution >= 4 is 27.1 Å². The van der Waals surface area contributed by atoms with Gasteiger partial charge in [-0.2, -0.15) is 5.10 Å². The lowest BCUT2D eigenvalue weighted by molar-refractivity contribution is 0.102. The fraction of sp³-hybridized carbons (Fsp3) is 0.188. The average Bonchev–Trinajstić information content (AvgIpc) is 2.94. The molecule has 1 N–H and O–H groups in total. The molecule has 0 saturated carbocycles. The van der Waals surface area contributed by atoms with Crippen LogP contribution in [0.1, 0.15) is 21.5 Å². The van der Waals surface area contributed by atoms with E-state index in [4.69, 9.17) is 0 Å². The molecule has 8 heteroatoms. The van der Waals surface area contributed by atoms with Crippen LogP contribution >= 0.6 is 0 Å². The Morgan fingerprint density at radius 3 is 2.67 bits per heavy atom. The minimum atomic E-state index is -3.31. The number of nitrogens with one attached hydrogen (secondary N) is 1. The quantitative estimate of drug-likeness (QED) is 0.784. The zero-order valence-corrected chi connectivity index (χ0v) is 14.3. The maximum absolute atomic E-state index is 12.5. The van der Waals surface area contributed by atoms with Crippen LogP contribution in [0.3, 0.4) is 0 Å². The molecule has 2 aromatic heterocycles. The van der Waals surface area contributed by atoms with Crippen LogP contribution in [0.4, 0.5) is 5.69 Å². The fourth-order valence-electron chi connectivity index (χ4n) is 2.51. The molecule has 0 spiro atoms. The molecule has 0 bridgehead atoms. The van der Waals surface area contributed by atoms with Gasteiger partial charge in [0.25, 0.3) is 5.91 Å². The second-order valence-corrected chi connectivity index (χ2v) is 7.52. The Labute approximate surface area is 139 Å². The highest BCUT2D eigenvalue weighted by Crippen LogP contribution is 2.26. The number of fused-ring (bicyclic) bond motifs is 1. The van der Waals surface area contributed by atoms with Crippen LogP contribution < -0.4 is 5.32 Å². The zero-order valence-electron chi connectivity index (χ0n) is 13.4. The molecule has 0 saturated heterocycles. The van der Waals surface area contributed by atoms with Crippen LogP contribution in [-0.4, -0.2) is 35.2 Å². The monoisotopic (exact) mass is 344 g/mol. The van der Waals surface area contributed by atoms with Gasteiger partial charge in [0, 0.05) is 24.3 Å². The standard InChI is InChI=1S/C16H16N4O3S/c1-10-11(2)14(24(3,22)23)6-5-13(10)19-16(21)12-9-18-20-8-4-7-17-15(12)20/h4-9H,1-3H3,(H,19,21). The van der Waals surface area contributed by atoms with E-state index in [1.807, 2.05) is 0 Å². The number of hydrogen-bond acceptors (Lipinski definition) is 5. The number of rotatable bonds is 3. The van der Waals surface area contributed by atoms with Gasteiger partial charge in [0.05, 0.1) is 11.1 Å². The summed E-state index contributed by atoms with van der Waals surface area (Å²) in [7, 11) is -3.31. The van der Waals surface area contributed by atoms with E-state index in [-0.39, 0.29) is 10.8 Å². The van der Waals surface area contributed by atoms with Gasteiger partial charge in [0.15, 0.2) is 15.5 Å². The van der Waals surface area contributed by atoms with Crippen LogP contribution in [0.2, 0.25) is 0 Å². The molecular formula is C16H16N4O3S. The molecule has 0 aliphatic rings. The third-order valence-corrected chi connectivity index (χ3v) is 5.15. The highest BCUT2D eigenvalue weighted by atomic mass is 32.2. The number of benzene rings is 1. The number of aromatic nitrogens is 3. The summed E-state index contributed by atoms with van der Waals surface area (Å²) >= 11 is 0. The molecule has 1 aromatic carbocycles. The molecule has 0 aliphatic carbocycles. The molecule has 0 atom stereocenters. The van der Waals surface area contributed by atoms with E-state index in [9.17, 15) is 13.2 Å². The van der Waals surface area contributed by atoms with Crippen LogP contribution in [0.25, 0.3) is 5.65 Å².